The van der Waals surface area contributed by atoms with Crippen LogP contribution in [0.3, 0.4) is 0 Å². The first-order valence-corrected chi connectivity index (χ1v) is 12.4. The van der Waals surface area contributed by atoms with Crippen LogP contribution in [0.15, 0.2) is 18.3 Å². The number of nitrogens with zero attached hydrogens (tertiary/aromatic N) is 1. The molecule has 0 aliphatic heterocycles. The van der Waals surface area contributed by atoms with Crippen LogP contribution in [0, 0.1) is 0 Å². The van der Waals surface area contributed by atoms with Crippen LogP contribution in [0.2, 0.25) is 0 Å². The number of hydrogen-bond acceptors (Lipinski definition) is 6. The highest BCUT2D eigenvalue weighted by Crippen LogP contribution is 2.25. The number of nitrogens with two attached hydrogens (primary N) is 1. The van der Waals surface area contributed by atoms with Crippen LogP contribution in [-0.4, -0.2) is 66.9 Å². The Labute approximate surface area is 181 Å². The number of carbonyl (C=O) groups is 1. The third-order valence-electron chi connectivity index (χ3n) is 5.12. The molecule has 0 aliphatic carbocycles. The fourth-order valence-corrected chi connectivity index (χ4v) is 4.84. The number of H-pyrrole nitrogens is 1. The standard InChI is InChI=1S/C21H39N3O5S/c1-7-11-21(4,5)24(30(6,26)27)14-18(29-16(3)8-2)15-28-20(25)19(22)13-17-10-9-12-23-17/h9-10,12,16,18-19,23H,7-8,11,13-15,22H2,1-6H3/t16-,18-,19-/m0/s1. The van der Waals surface area contributed by atoms with Crippen molar-refractivity contribution in [1.82, 2.24) is 9.29 Å². The summed E-state index contributed by atoms with van der Waals surface area (Å²) in [6, 6.07) is 2.87. The van der Waals surface area contributed by atoms with Gasteiger partial charge in [-0.1, -0.05) is 20.3 Å². The van der Waals surface area contributed by atoms with Gasteiger partial charge in [-0.2, -0.15) is 4.31 Å². The van der Waals surface area contributed by atoms with Crippen LogP contribution in [-0.2, 0) is 30.7 Å². The second kappa shape index (κ2) is 11.8. The SMILES string of the molecule is CCCC(C)(C)N(C[C@@H](COC(=O)[C@@H](N)Cc1ccc[nH]1)O[C@@H](C)CC)S(C)(=O)=O. The number of nitrogens with one attached hydrogen (secondary N) is 1. The monoisotopic (exact) mass is 445 g/mol. The lowest BCUT2D eigenvalue weighted by atomic mass is 9.98. The van der Waals surface area contributed by atoms with Gasteiger partial charge in [0.2, 0.25) is 10.0 Å². The maximum absolute atomic E-state index is 12.5. The highest BCUT2D eigenvalue weighted by atomic mass is 32.2. The zero-order chi connectivity index (χ0) is 22.9. The van der Waals surface area contributed by atoms with Crippen LogP contribution < -0.4 is 5.73 Å². The molecule has 1 aromatic heterocycles. The number of esters is 1. The Morgan fingerprint density at radius 2 is 2.00 bits per heavy atom. The summed E-state index contributed by atoms with van der Waals surface area (Å²) in [5.41, 5.74) is 6.23. The molecule has 1 heterocycles. The lowest BCUT2D eigenvalue weighted by Gasteiger charge is -2.39. The predicted octanol–water partition coefficient (Wildman–Crippen LogP) is 2.45. The van der Waals surface area contributed by atoms with Gasteiger partial charge >= 0.3 is 5.97 Å². The molecule has 8 nitrogen and oxygen atoms in total. The molecule has 0 radical (unpaired) electrons. The van der Waals surface area contributed by atoms with Crippen molar-refractivity contribution in [2.75, 3.05) is 19.4 Å². The van der Waals surface area contributed by atoms with E-state index in [1.807, 2.05) is 46.8 Å². The molecular weight excluding hydrogens is 406 g/mol. The van der Waals surface area contributed by atoms with Crippen LogP contribution in [0.5, 0.6) is 0 Å². The number of aromatic nitrogens is 1. The van der Waals surface area contributed by atoms with Crippen molar-refractivity contribution in [2.45, 2.75) is 84.1 Å². The van der Waals surface area contributed by atoms with Crippen molar-refractivity contribution in [3.05, 3.63) is 24.0 Å². The molecule has 0 spiro atoms. The van der Waals surface area contributed by atoms with Crippen LogP contribution in [0.4, 0.5) is 0 Å². The van der Waals surface area contributed by atoms with Gasteiger partial charge in [-0.15, -0.1) is 0 Å². The van der Waals surface area contributed by atoms with E-state index in [2.05, 4.69) is 4.98 Å². The van der Waals surface area contributed by atoms with E-state index in [0.29, 0.717) is 12.8 Å². The minimum absolute atomic E-state index is 0.0597. The van der Waals surface area contributed by atoms with E-state index >= 15 is 0 Å². The Morgan fingerprint density at radius 1 is 1.33 bits per heavy atom. The quantitative estimate of drug-likeness (QED) is 0.425. The maximum Gasteiger partial charge on any atom is 0.323 e. The zero-order valence-corrected chi connectivity index (χ0v) is 20.0. The minimum atomic E-state index is -3.49. The highest BCUT2D eigenvalue weighted by molar-refractivity contribution is 7.88. The first kappa shape index (κ1) is 26.6. The molecule has 1 rings (SSSR count). The van der Waals surface area contributed by atoms with Gasteiger partial charge in [0.25, 0.3) is 0 Å². The Balaban J connectivity index is 2.87. The smallest absolute Gasteiger partial charge is 0.323 e. The lowest BCUT2D eigenvalue weighted by molar-refractivity contribution is -0.151. The minimum Gasteiger partial charge on any atom is -0.462 e. The van der Waals surface area contributed by atoms with E-state index in [4.69, 9.17) is 15.2 Å². The Kier molecular flexibility index (Phi) is 10.5. The van der Waals surface area contributed by atoms with Crippen LogP contribution in [0.25, 0.3) is 0 Å². The van der Waals surface area contributed by atoms with Gasteiger partial charge in [0, 0.05) is 30.4 Å². The zero-order valence-electron chi connectivity index (χ0n) is 19.2. The van der Waals surface area contributed by atoms with Gasteiger partial charge in [-0.3, -0.25) is 4.79 Å². The Morgan fingerprint density at radius 3 is 2.50 bits per heavy atom. The molecule has 0 aliphatic rings. The number of hydrogen-bond donors (Lipinski definition) is 2. The first-order chi connectivity index (χ1) is 13.9. The second-order valence-electron chi connectivity index (χ2n) is 8.47. The summed E-state index contributed by atoms with van der Waals surface area (Å²) < 4.78 is 37.9. The third kappa shape index (κ3) is 8.75. The summed E-state index contributed by atoms with van der Waals surface area (Å²) in [5, 5.41) is 0. The van der Waals surface area contributed by atoms with Crippen molar-refractivity contribution < 1.29 is 22.7 Å². The summed E-state index contributed by atoms with van der Waals surface area (Å²) >= 11 is 0. The average Bonchev–Trinajstić information content (AvgIpc) is 3.14. The van der Waals surface area contributed by atoms with Gasteiger partial charge < -0.3 is 20.2 Å². The highest BCUT2D eigenvalue weighted by Gasteiger charge is 2.35. The van der Waals surface area contributed by atoms with Gasteiger partial charge in [-0.25, -0.2) is 8.42 Å². The molecule has 3 atom stereocenters. The number of ether oxygens (including phenoxy) is 2. The topological polar surface area (TPSA) is 115 Å². The summed E-state index contributed by atoms with van der Waals surface area (Å²) in [6.07, 6.45) is 4.92. The molecule has 174 valence electrons. The summed E-state index contributed by atoms with van der Waals surface area (Å²) in [5.74, 6) is -0.541. The molecular formula is C21H39N3O5S. The van der Waals surface area contributed by atoms with Gasteiger partial charge in [0.05, 0.1) is 12.4 Å². The number of rotatable bonds is 14. The first-order valence-electron chi connectivity index (χ1n) is 10.6. The predicted molar refractivity (Wildman–Crippen MR) is 119 cm³/mol. The molecule has 0 bridgehead atoms. The second-order valence-corrected chi connectivity index (χ2v) is 10.4. The molecule has 0 aromatic carbocycles. The fraction of sp³-hybridized carbons (Fsp3) is 0.762. The lowest BCUT2D eigenvalue weighted by Crippen LogP contribution is -2.52. The molecule has 9 heteroatoms. The van der Waals surface area contributed by atoms with E-state index in [0.717, 1.165) is 18.5 Å². The molecule has 0 amide bonds. The van der Waals surface area contributed by atoms with E-state index < -0.39 is 33.7 Å². The molecule has 3 N–H and O–H groups in total. The molecule has 0 fully saturated rings. The van der Waals surface area contributed by atoms with Crippen LogP contribution in [0.1, 0.15) is 59.6 Å². The van der Waals surface area contributed by atoms with Gasteiger partial charge in [0.15, 0.2) is 0 Å². The van der Waals surface area contributed by atoms with E-state index in [1.54, 1.807) is 6.20 Å². The molecule has 0 unspecified atom stereocenters. The normalized spacial score (nSPS) is 15.7. The molecule has 0 saturated heterocycles. The van der Waals surface area contributed by atoms with Crippen LogP contribution >= 0.6 is 0 Å². The van der Waals surface area contributed by atoms with E-state index in [-0.39, 0.29) is 19.3 Å². The maximum atomic E-state index is 12.5. The summed E-state index contributed by atoms with van der Waals surface area (Å²) in [4.78, 5) is 15.4. The number of carbonyl (C=O) groups excluding carboxylic acids is 1. The molecule has 30 heavy (non-hydrogen) atoms. The van der Waals surface area contributed by atoms with Crippen molar-refractivity contribution >= 4 is 16.0 Å². The van der Waals surface area contributed by atoms with Crippen molar-refractivity contribution in [2.24, 2.45) is 5.73 Å². The average molecular weight is 446 g/mol. The largest absolute Gasteiger partial charge is 0.462 e. The van der Waals surface area contributed by atoms with Gasteiger partial charge in [0.1, 0.15) is 18.8 Å². The number of sulfonamides is 1. The van der Waals surface area contributed by atoms with E-state index in [9.17, 15) is 13.2 Å². The number of aromatic amines is 1. The Hall–Kier alpha value is -1.42. The van der Waals surface area contributed by atoms with Crippen molar-refractivity contribution in [3.63, 3.8) is 0 Å². The summed E-state index contributed by atoms with van der Waals surface area (Å²) in [7, 11) is -3.49. The van der Waals surface area contributed by atoms with Gasteiger partial charge in [-0.05, 0) is 45.7 Å². The van der Waals surface area contributed by atoms with Crippen molar-refractivity contribution in [3.8, 4) is 0 Å². The third-order valence-corrected chi connectivity index (χ3v) is 6.57. The van der Waals surface area contributed by atoms with E-state index in [1.165, 1.54) is 10.6 Å². The van der Waals surface area contributed by atoms with Crippen molar-refractivity contribution in [1.29, 1.82) is 0 Å². The fourth-order valence-electron chi connectivity index (χ4n) is 3.41. The molecule has 1 aromatic rings. The Bertz CT molecular complexity index is 734. The summed E-state index contributed by atoms with van der Waals surface area (Å²) in [6.45, 7) is 9.75. The molecule has 0 saturated carbocycles.